The van der Waals surface area contributed by atoms with Gasteiger partial charge < -0.3 is 4.57 Å². The van der Waals surface area contributed by atoms with Crippen LogP contribution in [-0.4, -0.2) is 33.6 Å². The van der Waals surface area contributed by atoms with Gasteiger partial charge in [-0.2, -0.15) is 0 Å². The maximum Gasteiger partial charge on any atom is 0.236 e. The number of rotatable bonds is 9. The number of hydrogen-bond donors (Lipinski definition) is 0. The SMILES string of the molecule is CC1(Cc2ccc(-c3nc(-n4c5ccc6ccccc6c5c5c6ccccc6ccc54)nc4sc5ccc(-c6ccc7c8ccccc8n(-c8ccccc8)c7c6)cc5c34)cc2)c2ccccc2-c2ccc(-c3ccc4c(c3)sc3c(-c5ccccc5)nc(-n5c6ccc7ccccc7c6c6c7ccccc7ccc65)nc34)cc21. The maximum atomic E-state index is 5.90. The minimum Gasteiger partial charge on any atom is -0.309 e. The Labute approximate surface area is 661 Å². The van der Waals surface area contributed by atoms with E-state index in [4.69, 9.17) is 19.9 Å². The Kier molecular flexibility index (Phi) is 13.5. The first kappa shape index (κ1) is 63.5. The van der Waals surface area contributed by atoms with Crippen LogP contribution in [0.4, 0.5) is 0 Å². The van der Waals surface area contributed by atoms with Crippen LogP contribution in [0.3, 0.4) is 0 Å². The summed E-state index contributed by atoms with van der Waals surface area (Å²) in [4.78, 5) is 23.9. The van der Waals surface area contributed by atoms with Crippen molar-refractivity contribution < 1.29 is 0 Å². The molecular formula is C105H63N7S2. The lowest BCUT2D eigenvalue weighted by atomic mass is 9.75. The van der Waals surface area contributed by atoms with Gasteiger partial charge in [0.15, 0.2) is 0 Å². The largest absolute Gasteiger partial charge is 0.309 e. The Morgan fingerprint density at radius 1 is 0.281 bits per heavy atom. The lowest BCUT2D eigenvalue weighted by Gasteiger charge is -2.28. The third-order valence-corrected chi connectivity index (χ3v) is 26.9. The third-order valence-electron chi connectivity index (χ3n) is 24.7. The summed E-state index contributed by atoms with van der Waals surface area (Å²) in [5, 5.41) is 20.2. The molecule has 0 aliphatic heterocycles. The predicted molar refractivity (Wildman–Crippen MR) is 480 cm³/mol. The highest BCUT2D eigenvalue weighted by Gasteiger charge is 2.40. The lowest BCUT2D eigenvalue weighted by molar-refractivity contribution is 0.583. The minimum absolute atomic E-state index is 0.369. The molecule has 0 bridgehead atoms. The molecule has 0 saturated carbocycles. The van der Waals surface area contributed by atoms with Gasteiger partial charge in [-0.15, -0.1) is 22.7 Å². The molecule has 7 aromatic heterocycles. The molecular weight excluding hydrogens is 1420 g/mol. The molecule has 530 valence electrons. The van der Waals surface area contributed by atoms with E-state index in [1.165, 1.54) is 125 Å². The van der Waals surface area contributed by atoms with Gasteiger partial charge in [-0.05, 0) is 172 Å². The molecule has 25 rings (SSSR count). The molecule has 0 amide bonds. The van der Waals surface area contributed by atoms with E-state index in [1.54, 1.807) is 22.7 Å². The molecule has 1 atom stereocenters. The molecule has 0 spiro atoms. The molecule has 0 saturated heterocycles. The van der Waals surface area contributed by atoms with Crippen LogP contribution in [0.1, 0.15) is 23.6 Å². The topological polar surface area (TPSA) is 66.3 Å². The molecule has 24 aromatic rings. The number of nitrogens with zero attached hydrogens (tertiary/aromatic N) is 7. The fourth-order valence-corrected chi connectivity index (χ4v) is 21.8. The average molecular weight is 1490 g/mol. The lowest BCUT2D eigenvalue weighted by Crippen LogP contribution is -2.24. The van der Waals surface area contributed by atoms with Gasteiger partial charge >= 0.3 is 0 Å². The van der Waals surface area contributed by atoms with Crippen molar-refractivity contribution in [2.45, 2.75) is 18.8 Å². The zero-order valence-electron chi connectivity index (χ0n) is 61.6. The summed E-state index contributed by atoms with van der Waals surface area (Å²) in [7, 11) is 0. The smallest absolute Gasteiger partial charge is 0.236 e. The molecule has 9 heteroatoms. The second-order valence-electron chi connectivity index (χ2n) is 30.9. The summed E-state index contributed by atoms with van der Waals surface area (Å²) in [6, 6.07) is 130. The van der Waals surface area contributed by atoms with Crippen molar-refractivity contribution in [1.29, 1.82) is 0 Å². The molecule has 1 aliphatic carbocycles. The average Bonchev–Trinajstić information content (AvgIpc) is 1.57. The molecule has 114 heavy (non-hydrogen) atoms. The highest BCUT2D eigenvalue weighted by Crippen LogP contribution is 2.54. The Morgan fingerprint density at radius 3 is 1.39 bits per heavy atom. The second-order valence-corrected chi connectivity index (χ2v) is 33.0. The van der Waals surface area contributed by atoms with Gasteiger partial charge in [-0.3, -0.25) is 9.13 Å². The number of thiophene rings is 2. The molecule has 7 heterocycles. The van der Waals surface area contributed by atoms with Crippen LogP contribution in [0.2, 0.25) is 0 Å². The van der Waals surface area contributed by atoms with E-state index in [-0.39, 0.29) is 5.41 Å². The van der Waals surface area contributed by atoms with E-state index in [9.17, 15) is 0 Å². The fourth-order valence-electron chi connectivity index (χ4n) is 19.5. The normalized spacial score (nSPS) is 13.7. The summed E-state index contributed by atoms with van der Waals surface area (Å²) in [5.74, 6) is 1.30. The Hall–Kier alpha value is -14.2. The molecule has 0 radical (unpaired) electrons. The van der Waals surface area contributed by atoms with Crippen molar-refractivity contribution in [1.82, 2.24) is 33.6 Å². The van der Waals surface area contributed by atoms with Crippen LogP contribution in [-0.2, 0) is 11.8 Å². The van der Waals surface area contributed by atoms with Gasteiger partial charge in [0.05, 0.1) is 54.7 Å². The van der Waals surface area contributed by atoms with Gasteiger partial charge in [0.2, 0.25) is 11.9 Å². The van der Waals surface area contributed by atoms with E-state index in [1.807, 2.05) is 0 Å². The quantitative estimate of drug-likeness (QED) is 0.144. The highest BCUT2D eigenvalue weighted by molar-refractivity contribution is 7.26. The first-order chi connectivity index (χ1) is 56.4. The molecule has 0 fully saturated rings. The van der Waals surface area contributed by atoms with Crippen molar-refractivity contribution in [3.8, 4) is 73.5 Å². The van der Waals surface area contributed by atoms with Gasteiger partial charge in [0.25, 0.3) is 0 Å². The van der Waals surface area contributed by atoms with Crippen LogP contribution in [0.5, 0.6) is 0 Å². The fraction of sp³-hybridized carbons (Fsp3) is 0.0286. The van der Waals surface area contributed by atoms with Crippen LogP contribution in [0.15, 0.2) is 352 Å². The zero-order chi connectivity index (χ0) is 74.6. The van der Waals surface area contributed by atoms with Crippen LogP contribution >= 0.6 is 22.7 Å². The van der Waals surface area contributed by atoms with Crippen molar-refractivity contribution in [2.24, 2.45) is 0 Å². The summed E-state index contributed by atoms with van der Waals surface area (Å²) in [6.07, 6.45) is 0.782. The van der Waals surface area contributed by atoms with Crippen molar-refractivity contribution in [3.63, 3.8) is 0 Å². The number of aromatic nitrogens is 7. The van der Waals surface area contributed by atoms with Gasteiger partial charge in [-0.1, -0.05) is 286 Å². The van der Waals surface area contributed by atoms with Gasteiger partial charge in [0.1, 0.15) is 4.83 Å². The van der Waals surface area contributed by atoms with Crippen LogP contribution < -0.4 is 0 Å². The van der Waals surface area contributed by atoms with E-state index in [2.05, 4.69) is 372 Å². The van der Waals surface area contributed by atoms with Gasteiger partial charge in [-0.25, -0.2) is 19.9 Å². The second kappa shape index (κ2) is 24.1. The van der Waals surface area contributed by atoms with Crippen LogP contribution in [0, 0.1) is 0 Å². The minimum atomic E-state index is -0.369. The van der Waals surface area contributed by atoms with Crippen molar-refractivity contribution in [2.75, 3.05) is 0 Å². The summed E-state index contributed by atoms with van der Waals surface area (Å²) in [5.41, 5.74) is 23.4. The van der Waals surface area contributed by atoms with E-state index in [0.717, 1.165) is 109 Å². The Balaban J connectivity index is 0.623. The molecule has 7 nitrogen and oxygen atoms in total. The van der Waals surface area contributed by atoms with E-state index in [0.29, 0.717) is 11.9 Å². The highest BCUT2D eigenvalue weighted by atomic mass is 32.1. The summed E-state index contributed by atoms with van der Waals surface area (Å²) in [6.45, 7) is 2.46. The van der Waals surface area contributed by atoms with Crippen molar-refractivity contribution in [3.05, 3.63) is 369 Å². The standard InChI is InChI=1S/C105H63N7S2/c1-105(83-34-18-16-32-77(83)78-48-40-69(57-84(78)105)71-42-50-81-92(59-71)113-101-99(66-24-4-2-5-25-66)107-103(108-100(81)101)111-86-51-43-62-20-8-12-28-73(62)93(86)94-74-29-13-9-21-63(74)44-52-87(94)111)60-61-36-38-67(39-37-61)98-97-82-56-68(70-41-49-80-79-33-17-19-35-85(79)110(90(80)58-70)72-26-6-3-7-27-72)47-55-91(82)114-102(97)109-104(106-98)112-88-53-45-64-22-10-14-30-75(64)95(88)96-76-31-15-11-23-65(76)46-54-89(96)112/h2-59H,60H2,1H3. The molecule has 17 aromatic carbocycles. The Bertz CT molecular complexity index is 8100. The third kappa shape index (κ3) is 9.24. The first-order valence-corrected chi connectivity index (χ1v) is 40.7. The zero-order valence-corrected chi connectivity index (χ0v) is 63.3. The summed E-state index contributed by atoms with van der Waals surface area (Å²) < 4.78 is 10.4. The van der Waals surface area contributed by atoms with Crippen LogP contribution in [0.25, 0.3) is 223 Å². The number of para-hydroxylation sites is 2. The van der Waals surface area contributed by atoms with E-state index >= 15 is 0 Å². The molecule has 1 unspecified atom stereocenters. The number of hydrogen-bond acceptors (Lipinski definition) is 6. The Morgan fingerprint density at radius 2 is 0.754 bits per heavy atom. The molecule has 0 N–H and O–H groups in total. The number of benzene rings is 17. The van der Waals surface area contributed by atoms with Crippen molar-refractivity contribution >= 4 is 172 Å². The van der Waals surface area contributed by atoms with Gasteiger partial charge in [0, 0.05) is 80.1 Å². The van der Waals surface area contributed by atoms with E-state index < -0.39 is 0 Å². The summed E-state index contributed by atoms with van der Waals surface area (Å²) >= 11 is 3.53. The first-order valence-electron chi connectivity index (χ1n) is 39.0. The molecule has 1 aliphatic rings. The maximum absolute atomic E-state index is 5.90. The number of fused-ring (bicyclic) bond motifs is 26. The monoisotopic (exact) mass is 1490 g/mol. The predicted octanol–water partition coefficient (Wildman–Crippen LogP) is 28.1.